The van der Waals surface area contributed by atoms with E-state index < -0.39 is 0 Å². The normalized spacial score (nSPS) is 12.9. The number of unbranched alkanes of at least 4 members (excludes halogenated alkanes) is 5. The summed E-state index contributed by atoms with van der Waals surface area (Å²) >= 11 is 0. The molecular formula is C15H33NO. The lowest BCUT2D eigenvalue weighted by atomic mass is 10.1. The maximum Gasteiger partial charge on any atom is 0.0619 e. The Kier molecular flexibility index (Phi) is 13.9. The Morgan fingerprint density at radius 2 is 1.59 bits per heavy atom. The lowest BCUT2D eigenvalue weighted by Gasteiger charge is -2.18. The molecule has 104 valence electrons. The molecule has 0 radical (unpaired) electrons. The van der Waals surface area contributed by atoms with Crippen molar-refractivity contribution in [1.82, 2.24) is 5.32 Å². The van der Waals surface area contributed by atoms with Crippen LogP contribution in [-0.2, 0) is 4.74 Å². The fraction of sp³-hybridized carbons (Fsp3) is 1.00. The van der Waals surface area contributed by atoms with Gasteiger partial charge in [0, 0.05) is 12.6 Å². The predicted octanol–water partition coefficient (Wildman–Crippen LogP) is 4.14. The molecule has 0 rings (SSSR count). The minimum Gasteiger partial charge on any atom is -0.380 e. The van der Waals surface area contributed by atoms with Crippen molar-refractivity contribution in [2.45, 2.75) is 78.2 Å². The lowest BCUT2D eigenvalue weighted by Crippen LogP contribution is -2.34. The molecule has 0 bridgehead atoms. The van der Waals surface area contributed by atoms with E-state index in [-0.39, 0.29) is 0 Å². The van der Waals surface area contributed by atoms with Gasteiger partial charge in [-0.05, 0) is 26.3 Å². The van der Waals surface area contributed by atoms with Crippen LogP contribution >= 0.6 is 0 Å². The van der Waals surface area contributed by atoms with Crippen molar-refractivity contribution in [3.8, 4) is 0 Å². The van der Waals surface area contributed by atoms with E-state index in [0.717, 1.165) is 19.8 Å². The van der Waals surface area contributed by atoms with E-state index in [9.17, 15) is 0 Å². The van der Waals surface area contributed by atoms with E-state index in [1.165, 1.54) is 51.4 Å². The van der Waals surface area contributed by atoms with Crippen molar-refractivity contribution < 1.29 is 4.74 Å². The summed E-state index contributed by atoms with van der Waals surface area (Å²) < 4.78 is 5.53. The number of hydrogen-bond acceptors (Lipinski definition) is 2. The van der Waals surface area contributed by atoms with Crippen molar-refractivity contribution in [1.29, 1.82) is 0 Å². The fourth-order valence-corrected chi connectivity index (χ4v) is 2.02. The van der Waals surface area contributed by atoms with Gasteiger partial charge < -0.3 is 10.1 Å². The molecule has 0 aromatic heterocycles. The maximum atomic E-state index is 5.53. The largest absolute Gasteiger partial charge is 0.380 e. The molecule has 0 aliphatic heterocycles. The zero-order valence-corrected chi connectivity index (χ0v) is 12.3. The van der Waals surface area contributed by atoms with E-state index >= 15 is 0 Å². The van der Waals surface area contributed by atoms with Crippen molar-refractivity contribution in [3.05, 3.63) is 0 Å². The van der Waals surface area contributed by atoms with Crippen LogP contribution < -0.4 is 5.32 Å². The van der Waals surface area contributed by atoms with Crippen LogP contribution in [-0.4, -0.2) is 25.8 Å². The van der Waals surface area contributed by atoms with Crippen LogP contribution in [0.25, 0.3) is 0 Å². The molecule has 0 spiro atoms. The molecule has 17 heavy (non-hydrogen) atoms. The van der Waals surface area contributed by atoms with Gasteiger partial charge in [0.25, 0.3) is 0 Å². The SMILES string of the molecule is CCCCCCCCC(COCC)NCCC. The van der Waals surface area contributed by atoms with Crippen molar-refractivity contribution >= 4 is 0 Å². The second kappa shape index (κ2) is 14.0. The van der Waals surface area contributed by atoms with Gasteiger partial charge in [-0.2, -0.15) is 0 Å². The molecule has 0 aliphatic carbocycles. The lowest BCUT2D eigenvalue weighted by molar-refractivity contribution is 0.119. The Bertz CT molecular complexity index is 131. The van der Waals surface area contributed by atoms with Crippen molar-refractivity contribution in [3.63, 3.8) is 0 Å². The van der Waals surface area contributed by atoms with Gasteiger partial charge in [0.2, 0.25) is 0 Å². The minimum absolute atomic E-state index is 0.570. The highest BCUT2D eigenvalue weighted by Gasteiger charge is 2.06. The Labute approximate surface area is 109 Å². The quantitative estimate of drug-likeness (QED) is 0.491. The Morgan fingerprint density at radius 1 is 0.882 bits per heavy atom. The van der Waals surface area contributed by atoms with Crippen LogP contribution in [0.1, 0.15) is 72.1 Å². The Morgan fingerprint density at radius 3 is 2.24 bits per heavy atom. The molecule has 0 aliphatic rings. The average Bonchev–Trinajstić information content (AvgIpc) is 2.35. The smallest absolute Gasteiger partial charge is 0.0619 e. The third kappa shape index (κ3) is 12.2. The number of nitrogens with one attached hydrogen (secondary N) is 1. The van der Waals surface area contributed by atoms with Gasteiger partial charge in [-0.3, -0.25) is 0 Å². The van der Waals surface area contributed by atoms with E-state index in [0.29, 0.717) is 6.04 Å². The van der Waals surface area contributed by atoms with Crippen LogP contribution in [0.4, 0.5) is 0 Å². The van der Waals surface area contributed by atoms with Crippen LogP contribution in [0.15, 0.2) is 0 Å². The van der Waals surface area contributed by atoms with Gasteiger partial charge in [-0.15, -0.1) is 0 Å². The monoisotopic (exact) mass is 243 g/mol. The second-order valence-electron chi connectivity index (χ2n) is 4.87. The molecule has 0 amide bonds. The number of hydrogen-bond donors (Lipinski definition) is 1. The standard InChI is InChI=1S/C15H33NO/c1-4-7-8-9-10-11-12-15(14-17-6-3)16-13-5-2/h15-16H,4-14H2,1-3H3. The van der Waals surface area contributed by atoms with Crippen LogP contribution in [0.2, 0.25) is 0 Å². The summed E-state index contributed by atoms with van der Waals surface area (Å²) in [5, 5.41) is 3.58. The molecule has 2 nitrogen and oxygen atoms in total. The highest BCUT2D eigenvalue weighted by molar-refractivity contribution is 4.66. The van der Waals surface area contributed by atoms with Crippen molar-refractivity contribution in [2.24, 2.45) is 0 Å². The summed E-state index contributed by atoms with van der Waals surface area (Å²) in [6.07, 6.45) is 10.8. The van der Waals surface area contributed by atoms with Gasteiger partial charge in [0.15, 0.2) is 0 Å². The van der Waals surface area contributed by atoms with Crippen molar-refractivity contribution in [2.75, 3.05) is 19.8 Å². The molecule has 1 N–H and O–H groups in total. The van der Waals surface area contributed by atoms with E-state index in [1.54, 1.807) is 0 Å². The third-order valence-corrected chi connectivity index (χ3v) is 3.11. The molecule has 0 heterocycles. The summed E-state index contributed by atoms with van der Waals surface area (Å²) in [6, 6.07) is 0.570. The Hall–Kier alpha value is -0.0800. The first-order valence-electron chi connectivity index (χ1n) is 7.66. The second-order valence-corrected chi connectivity index (χ2v) is 4.87. The average molecular weight is 243 g/mol. The van der Waals surface area contributed by atoms with Gasteiger partial charge in [-0.1, -0.05) is 52.4 Å². The van der Waals surface area contributed by atoms with E-state index in [4.69, 9.17) is 4.74 Å². The summed E-state index contributed by atoms with van der Waals surface area (Å²) in [7, 11) is 0. The Balaban J connectivity index is 3.45. The van der Waals surface area contributed by atoms with Gasteiger partial charge in [0.05, 0.1) is 6.61 Å². The first kappa shape index (κ1) is 16.9. The molecule has 0 aromatic carbocycles. The van der Waals surface area contributed by atoms with Crippen LogP contribution in [0.5, 0.6) is 0 Å². The van der Waals surface area contributed by atoms with Crippen LogP contribution in [0.3, 0.4) is 0 Å². The predicted molar refractivity (Wildman–Crippen MR) is 76.6 cm³/mol. The summed E-state index contributed by atoms with van der Waals surface area (Å²) in [5.41, 5.74) is 0. The van der Waals surface area contributed by atoms with Gasteiger partial charge in [0.1, 0.15) is 0 Å². The molecule has 1 atom stereocenters. The molecule has 0 saturated heterocycles. The number of rotatable bonds is 13. The van der Waals surface area contributed by atoms with E-state index in [2.05, 4.69) is 26.1 Å². The zero-order chi connectivity index (χ0) is 12.8. The van der Waals surface area contributed by atoms with Gasteiger partial charge >= 0.3 is 0 Å². The first-order valence-corrected chi connectivity index (χ1v) is 7.66. The highest BCUT2D eigenvalue weighted by Crippen LogP contribution is 2.09. The molecule has 0 aromatic rings. The number of ether oxygens (including phenoxy) is 1. The summed E-state index contributed by atoms with van der Waals surface area (Å²) in [5.74, 6) is 0. The fourth-order valence-electron chi connectivity index (χ4n) is 2.02. The molecule has 0 saturated carbocycles. The minimum atomic E-state index is 0.570. The maximum absolute atomic E-state index is 5.53. The zero-order valence-electron chi connectivity index (χ0n) is 12.3. The summed E-state index contributed by atoms with van der Waals surface area (Å²) in [4.78, 5) is 0. The highest BCUT2D eigenvalue weighted by atomic mass is 16.5. The topological polar surface area (TPSA) is 21.3 Å². The van der Waals surface area contributed by atoms with Gasteiger partial charge in [-0.25, -0.2) is 0 Å². The van der Waals surface area contributed by atoms with Crippen LogP contribution in [0, 0.1) is 0 Å². The molecular weight excluding hydrogens is 210 g/mol. The van der Waals surface area contributed by atoms with E-state index in [1.807, 2.05) is 0 Å². The molecule has 2 heteroatoms. The first-order chi connectivity index (χ1) is 8.35. The third-order valence-electron chi connectivity index (χ3n) is 3.11. The summed E-state index contributed by atoms with van der Waals surface area (Å²) in [6.45, 7) is 9.39. The molecule has 0 fully saturated rings. The molecule has 1 unspecified atom stereocenters.